The molecule has 4 aliphatic rings. The van der Waals surface area contributed by atoms with Crippen molar-refractivity contribution in [1.82, 2.24) is 15.5 Å². The lowest BCUT2D eigenvalue weighted by atomic mass is 9.77. The smallest absolute Gasteiger partial charge is 0.255 e. The fourth-order valence-electron chi connectivity index (χ4n) is 5.61. The first-order valence-electron chi connectivity index (χ1n) is 10.9. The van der Waals surface area contributed by atoms with Crippen LogP contribution < -0.4 is 15.5 Å². The molecule has 6 rings (SSSR count). The Hall–Kier alpha value is -3.19. The summed E-state index contributed by atoms with van der Waals surface area (Å²) in [5.74, 6) is -0.752. The second-order valence-electron chi connectivity index (χ2n) is 9.10. The van der Waals surface area contributed by atoms with Crippen molar-refractivity contribution in [2.75, 3.05) is 24.5 Å². The van der Waals surface area contributed by atoms with Crippen LogP contribution in [0.25, 0.3) is 0 Å². The molecule has 4 aliphatic heterocycles. The van der Waals surface area contributed by atoms with Gasteiger partial charge in [0.25, 0.3) is 5.91 Å². The molecule has 3 amide bonds. The quantitative estimate of drug-likeness (QED) is 0.738. The van der Waals surface area contributed by atoms with E-state index in [1.54, 1.807) is 4.90 Å². The van der Waals surface area contributed by atoms with E-state index >= 15 is 0 Å². The molecule has 0 saturated carbocycles. The molecular formula is C24H24N4O3. The second kappa shape index (κ2) is 6.65. The third-order valence-electron chi connectivity index (χ3n) is 7.28. The maximum Gasteiger partial charge on any atom is 0.255 e. The van der Waals surface area contributed by atoms with E-state index in [2.05, 4.69) is 45.9 Å². The molecule has 0 aromatic heterocycles. The van der Waals surface area contributed by atoms with Crippen molar-refractivity contribution in [2.24, 2.45) is 0 Å². The third-order valence-corrected chi connectivity index (χ3v) is 7.28. The number of fused-ring (bicyclic) bond motifs is 3. The lowest BCUT2D eigenvalue weighted by molar-refractivity contribution is -0.136. The number of imide groups is 1. The first kappa shape index (κ1) is 18.6. The molecule has 1 atom stereocenters. The molecular weight excluding hydrogens is 392 g/mol. The number of carbonyl (C=O) groups is 3. The van der Waals surface area contributed by atoms with Crippen LogP contribution in [0, 0.1) is 0 Å². The van der Waals surface area contributed by atoms with E-state index in [0.717, 1.165) is 37.3 Å². The summed E-state index contributed by atoms with van der Waals surface area (Å²) in [6.07, 6.45) is 0.652. The minimum absolute atomic E-state index is 0.118. The van der Waals surface area contributed by atoms with Crippen LogP contribution in [0.2, 0.25) is 0 Å². The Morgan fingerprint density at radius 1 is 1.03 bits per heavy atom. The average Bonchev–Trinajstić information content (AvgIpc) is 3.25. The van der Waals surface area contributed by atoms with E-state index in [9.17, 15) is 14.4 Å². The average molecular weight is 416 g/mol. The van der Waals surface area contributed by atoms with Gasteiger partial charge in [0, 0.05) is 55.8 Å². The third kappa shape index (κ3) is 2.73. The fourth-order valence-corrected chi connectivity index (χ4v) is 5.61. The molecule has 7 heteroatoms. The predicted octanol–water partition coefficient (Wildman–Crippen LogP) is 1.31. The summed E-state index contributed by atoms with van der Waals surface area (Å²) in [4.78, 5) is 41.0. The highest BCUT2D eigenvalue weighted by molar-refractivity contribution is 6.05. The highest BCUT2D eigenvalue weighted by atomic mass is 16.2. The van der Waals surface area contributed by atoms with Crippen molar-refractivity contribution in [3.8, 4) is 0 Å². The highest BCUT2D eigenvalue weighted by Gasteiger charge is 2.47. The monoisotopic (exact) mass is 416 g/mol. The topological polar surface area (TPSA) is 81.8 Å². The van der Waals surface area contributed by atoms with Crippen LogP contribution in [0.4, 0.5) is 5.69 Å². The number of piperidine rings is 1. The van der Waals surface area contributed by atoms with Gasteiger partial charge in [0.15, 0.2) is 0 Å². The van der Waals surface area contributed by atoms with Gasteiger partial charge in [-0.05, 0) is 35.2 Å². The summed E-state index contributed by atoms with van der Waals surface area (Å²) in [6.45, 7) is 4.11. The summed E-state index contributed by atoms with van der Waals surface area (Å²) < 4.78 is 0. The van der Waals surface area contributed by atoms with Gasteiger partial charge in [-0.25, -0.2) is 0 Å². The van der Waals surface area contributed by atoms with Crippen LogP contribution >= 0.6 is 0 Å². The van der Waals surface area contributed by atoms with Crippen molar-refractivity contribution in [2.45, 2.75) is 37.4 Å². The molecule has 158 valence electrons. The highest BCUT2D eigenvalue weighted by Crippen LogP contribution is 2.44. The Bertz CT molecular complexity index is 1120. The summed E-state index contributed by atoms with van der Waals surface area (Å²) in [6, 6.07) is 13.9. The maximum atomic E-state index is 13.1. The van der Waals surface area contributed by atoms with E-state index < -0.39 is 6.04 Å². The SMILES string of the molecule is O=C1CCC(N2Cc3c(CN4CC5(CNC5)c5ccccc54)cccc3C2=O)C(=O)N1. The Balaban J connectivity index is 1.29. The van der Waals surface area contributed by atoms with Gasteiger partial charge in [0.1, 0.15) is 6.04 Å². The standard InChI is InChI=1S/C24H24N4O3/c29-21-9-8-20(22(30)26-21)28-11-17-15(4-3-5-16(17)23(28)31)10-27-14-24(12-25-13-24)18-6-1-2-7-19(18)27/h1-7,20,25H,8-14H2,(H,26,29,30). The second-order valence-corrected chi connectivity index (χ2v) is 9.10. The van der Waals surface area contributed by atoms with Crippen LogP contribution in [-0.2, 0) is 28.1 Å². The first-order chi connectivity index (χ1) is 15.1. The van der Waals surface area contributed by atoms with Gasteiger partial charge < -0.3 is 15.1 Å². The number of benzene rings is 2. The van der Waals surface area contributed by atoms with Crippen molar-refractivity contribution < 1.29 is 14.4 Å². The zero-order chi connectivity index (χ0) is 21.2. The van der Waals surface area contributed by atoms with Crippen LogP contribution in [0.1, 0.15) is 39.9 Å². The van der Waals surface area contributed by atoms with Gasteiger partial charge in [0.2, 0.25) is 11.8 Å². The molecule has 0 bridgehead atoms. The van der Waals surface area contributed by atoms with Gasteiger partial charge >= 0.3 is 0 Å². The molecule has 1 spiro atoms. The molecule has 2 fully saturated rings. The molecule has 31 heavy (non-hydrogen) atoms. The van der Waals surface area contributed by atoms with Crippen molar-refractivity contribution in [3.05, 3.63) is 64.7 Å². The summed E-state index contributed by atoms with van der Waals surface area (Å²) in [7, 11) is 0. The Kier molecular flexibility index (Phi) is 3.99. The minimum atomic E-state index is -0.581. The van der Waals surface area contributed by atoms with Crippen LogP contribution in [0.5, 0.6) is 0 Å². The largest absolute Gasteiger partial charge is 0.366 e. The number of para-hydroxylation sites is 1. The summed E-state index contributed by atoms with van der Waals surface area (Å²) >= 11 is 0. The number of amides is 3. The normalized spacial score (nSPS) is 23.6. The molecule has 2 aromatic rings. The molecule has 4 heterocycles. The van der Waals surface area contributed by atoms with E-state index in [-0.39, 0.29) is 29.6 Å². The molecule has 1 unspecified atom stereocenters. The summed E-state index contributed by atoms with van der Waals surface area (Å²) in [5.41, 5.74) is 5.66. The minimum Gasteiger partial charge on any atom is -0.366 e. The molecule has 0 aliphatic carbocycles. The van der Waals surface area contributed by atoms with E-state index in [1.165, 1.54) is 11.3 Å². The van der Waals surface area contributed by atoms with Gasteiger partial charge in [-0.3, -0.25) is 19.7 Å². The Morgan fingerprint density at radius 3 is 2.65 bits per heavy atom. The number of nitrogens with zero attached hydrogens (tertiary/aromatic N) is 2. The van der Waals surface area contributed by atoms with Crippen molar-refractivity contribution in [1.29, 1.82) is 0 Å². The van der Waals surface area contributed by atoms with Gasteiger partial charge in [-0.2, -0.15) is 0 Å². The van der Waals surface area contributed by atoms with Gasteiger partial charge in [0.05, 0.1) is 0 Å². The zero-order valence-corrected chi connectivity index (χ0v) is 17.2. The number of nitrogens with one attached hydrogen (secondary N) is 2. The van der Waals surface area contributed by atoms with Crippen LogP contribution in [0.3, 0.4) is 0 Å². The number of hydrogen-bond donors (Lipinski definition) is 2. The summed E-state index contributed by atoms with van der Waals surface area (Å²) in [5, 5.41) is 5.80. The van der Waals surface area contributed by atoms with Gasteiger partial charge in [-0.15, -0.1) is 0 Å². The van der Waals surface area contributed by atoms with Crippen molar-refractivity contribution in [3.63, 3.8) is 0 Å². The molecule has 0 radical (unpaired) electrons. The molecule has 7 nitrogen and oxygen atoms in total. The van der Waals surface area contributed by atoms with Crippen molar-refractivity contribution >= 4 is 23.4 Å². The number of rotatable bonds is 3. The lowest BCUT2D eigenvalue weighted by Crippen LogP contribution is -2.58. The van der Waals surface area contributed by atoms with E-state index in [1.807, 2.05) is 12.1 Å². The number of carbonyl (C=O) groups excluding carboxylic acids is 3. The molecule has 2 N–H and O–H groups in total. The van der Waals surface area contributed by atoms with E-state index in [4.69, 9.17) is 0 Å². The Labute approximate surface area is 180 Å². The maximum absolute atomic E-state index is 13.1. The first-order valence-corrected chi connectivity index (χ1v) is 10.9. The Morgan fingerprint density at radius 2 is 1.87 bits per heavy atom. The van der Waals surface area contributed by atoms with E-state index in [0.29, 0.717) is 18.5 Å². The molecule has 2 aromatic carbocycles. The fraction of sp³-hybridized carbons (Fsp3) is 0.375. The van der Waals surface area contributed by atoms with Gasteiger partial charge in [-0.1, -0.05) is 30.3 Å². The molecule has 2 saturated heterocycles. The number of anilines is 1. The lowest BCUT2D eigenvalue weighted by Gasteiger charge is -2.40. The predicted molar refractivity (Wildman–Crippen MR) is 115 cm³/mol. The number of hydrogen-bond acceptors (Lipinski definition) is 5. The van der Waals surface area contributed by atoms with Crippen LogP contribution in [-0.4, -0.2) is 48.3 Å². The van der Waals surface area contributed by atoms with Crippen LogP contribution in [0.15, 0.2) is 42.5 Å². The zero-order valence-electron chi connectivity index (χ0n) is 17.2.